The van der Waals surface area contributed by atoms with Gasteiger partial charge in [-0.1, -0.05) is 79.8 Å². The lowest BCUT2D eigenvalue weighted by Crippen LogP contribution is -2.58. The number of hydrogen-bond donors (Lipinski definition) is 4. The van der Waals surface area contributed by atoms with Gasteiger partial charge < -0.3 is 35.1 Å². The van der Waals surface area contributed by atoms with E-state index in [4.69, 9.17) is 4.74 Å². The number of benzene rings is 2. The van der Waals surface area contributed by atoms with Gasteiger partial charge in [0.1, 0.15) is 11.3 Å². The van der Waals surface area contributed by atoms with Gasteiger partial charge in [0.25, 0.3) is 0 Å². The number of ether oxygens (including phenoxy) is 1. The summed E-state index contributed by atoms with van der Waals surface area (Å²) in [6.07, 6.45) is 11.1. The number of rotatable bonds is 16. The van der Waals surface area contributed by atoms with E-state index in [1.807, 2.05) is 23.1 Å². The molecular weight excluding hydrogens is 588 g/mol. The standard InChI is InChI=1S/C35H50N4O5S/c40-29-15-14-28(33-32(29)37-34(43)45-33)30(41)25-36-19-9-4-2-1-3-5-10-20-38-21-17-35(18-22-38)26-39(23-24-44-35)31(42)16-13-27-11-7-6-8-12-27/h6-8,11-12,14-15,30,36,40-41H,1-5,9-10,13,16-26H2,(H,37,43)/t30-/m0/s1. The predicted molar refractivity (Wildman–Crippen MR) is 180 cm³/mol. The third kappa shape index (κ3) is 9.62. The number of unbranched alkanes of at least 4 members (excludes halogenated alkanes) is 6. The Kier molecular flexibility index (Phi) is 12.5. The van der Waals surface area contributed by atoms with Crippen molar-refractivity contribution in [2.24, 2.45) is 0 Å². The predicted octanol–water partition coefficient (Wildman–Crippen LogP) is 4.98. The number of aliphatic hydroxyl groups is 1. The van der Waals surface area contributed by atoms with Crippen LogP contribution in [0.15, 0.2) is 47.3 Å². The normalized spacial score (nSPS) is 17.7. The van der Waals surface area contributed by atoms with Crippen LogP contribution in [-0.4, -0.2) is 88.9 Å². The van der Waals surface area contributed by atoms with Gasteiger partial charge in [-0.05, 0) is 56.8 Å². The number of piperidine rings is 1. The van der Waals surface area contributed by atoms with Crippen LogP contribution in [0.25, 0.3) is 10.2 Å². The van der Waals surface area contributed by atoms with E-state index in [0.717, 1.165) is 69.7 Å². The molecule has 2 fully saturated rings. The lowest BCUT2D eigenvalue weighted by Gasteiger charge is -2.47. The van der Waals surface area contributed by atoms with E-state index in [1.54, 1.807) is 6.07 Å². The van der Waals surface area contributed by atoms with Crippen molar-refractivity contribution >= 4 is 27.5 Å². The van der Waals surface area contributed by atoms with Crippen molar-refractivity contribution in [2.45, 2.75) is 82.3 Å². The molecule has 4 N–H and O–H groups in total. The molecule has 3 heterocycles. The van der Waals surface area contributed by atoms with E-state index in [2.05, 4.69) is 27.3 Å². The van der Waals surface area contributed by atoms with Crippen molar-refractivity contribution < 1.29 is 19.7 Å². The fraction of sp³-hybridized carbons (Fsp3) is 0.600. The van der Waals surface area contributed by atoms with Crippen LogP contribution in [0.3, 0.4) is 0 Å². The molecule has 10 heteroatoms. The maximum atomic E-state index is 12.9. The number of hydrogen-bond acceptors (Lipinski definition) is 8. The second-order valence-corrected chi connectivity index (χ2v) is 13.7. The Labute approximate surface area is 270 Å². The van der Waals surface area contributed by atoms with E-state index in [1.165, 1.54) is 50.2 Å². The minimum absolute atomic E-state index is 0.0265. The molecule has 5 rings (SSSR count). The van der Waals surface area contributed by atoms with Crippen LogP contribution >= 0.6 is 11.3 Å². The molecule has 1 amide bonds. The third-order valence-corrected chi connectivity index (χ3v) is 10.4. The zero-order chi connectivity index (χ0) is 31.5. The Hall–Kier alpha value is -2.76. The van der Waals surface area contributed by atoms with Gasteiger partial charge in [0.05, 0.1) is 23.0 Å². The highest BCUT2D eigenvalue weighted by Crippen LogP contribution is 2.32. The second-order valence-electron chi connectivity index (χ2n) is 12.8. The first-order valence-corrected chi connectivity index (χ1v) is 17.7. The van der Waals surface area contributed by atoms with Crippen LogP contribution in [0.5, 0.6) is 5.75 Å². The van der Waals surface area contributed by atoms with Crippen LogP contribution in [0.1, 0.15) is 81.4 Å². The first kappa shape index (κ1) is 33.6. The van der Waals surface area contributed by atoms with E-state index >= 15 is 0 Å². The van der Waals surface area contributed by atoms with E-state index in [9.17, 15) is 19.8 Å². The fourth-order valence-electron chi connectivity index (χ4n) is 6.72. The molecule has 2 aromatic carbocycles. The molecule has 3 aromatic rings. The van der Waals surface area contributed by atoms with Crippen LogP contribution in [0, 0.1) is 0 Å². The van der Waals surface area contributed by atoms with Gasteiger partial charge in [0, 0.05) is 44.7 Å². The van der Waals surface area contributed by atoms with E-state index < -0.39 is 6.10 Å². The molecule has 9 nitrogen and oxygen atoms in total. The summed E-state index contributed by atoms with van der Waals surface area (Å²) >= 11 is 1.02. The average Bonchev–Trinajstić information content (AvgIpc) is 3.46. The lowest BCUT2D eigenvalue weighted by molar-refractivity contribution is -0.159. The van der Waals surface area contributed by atoms with Gasteiger partial charge in [0.15, 0.2) is 0 Å². The number of carbonyl (C=O) groups is 1. The highest BCUT2D eigenvalue weighted by Gasteiger charge is 2.40. The molecule has 1 spiro atoms. The van der Waals surface area contributed by atoms with Crippen molar-refractivity contribution in [1.82, 2.24) is 20.1 Å². The zero-order valence-corrected chi connectivity index (χ0v) is 27.3. The van der Waals surface area contributed by atoms with Crippen molar-refractivity contribution in [2.75, 3.05) is 52.4 Å². The maximum Gasteiger partial charge on any atom is 0.305 e. The smallest absolute Gasteiger partial charge is 0.305 e. The summed E-state index contributed by atoms with van der Waals surface area (Å²) in [6, 6.07) is 13.5. The van der Waals surface area contributed by atoms with Crippen LogP contribution < -0.4 is 10.2 Å². The number of H-pyrrole nitrogens is 1. The molecule has 246 valence electrons. The number of phenolic OH excluding ortho intramolecular Hbond substituents is 1. The van der Waals surface area contributed by atoms with Crippen molar-refractivity contribution in [1.29, 1.82) is 0 Å². The quantitative estimate of drug-likeness (QED) is 0.164. The molecule has 0 aliphatic carbocycles. The van der Waals surface area contributed by atoms with Gasteiger partial charge >= 0.3 is 4.87 Å². The summed E-state index contributed by atoms with van der Waals surface area (Å²) in [6.45, 7) is 6.62. The molecule has 0 unspecified atom stereocenters. The van der Waals surface area contributed by atoms with Gasteiger partial charge in [-0.15, -0.1) is 0 Å². The highest BCUT2D eigenvalue weighted by atomic mass is 32.1. The molecule has 45 heavy (non-hydrogen) atoms. The molecule has 0 bridgehead atoms. The number of amides is 1. The molecule has 1 aromatic heterocycles. The molecule has 2 saturated heterocycles. The Balaban J connectivity index is 0.872. The van der Waals surface area contributed by atoms with E-state index in [0.29, 0.717) is 41.9 Å². The Morgan fingerprint density at radius 2 is 1.73 bits per heavy atom. The number of aromatic nitrogens is 1. The van der Waals surface area contributed by atoms with Crippen LogP contribution in [0.2, 0.25) is 0 Å². The van der Waals surface area contributed by atoms with Crippen molar-refractivity contribution in [3.63, 3.8) is 0 Å². The number of aliphatic hydroxyl groups excluding tert-OH is 1. The number of thiazole rings is 1. The molecule has 2 aliphatic heterocycles. The first-order valence-electron chi connectivity index (χ1n) is 16.8. The number of nitrogens with one attached hydrogen (secondary N) is 2. The number of aromatic amines is 1. The summed E-state index contributed by atoms with van der Waals surface area (Å²) in [4.78, 5) is 31.6. The number of nitrogens with zero attached hydrogens (tertiary/aromatic N) is 2. The van der Waals surface area contributed by atoms with Gasteiger partial charge in [-0.25, -0.2) is 0 Å². The summed E-state index contributed by atoms with van der Waals surface area (Å²) in [7, 11) is 0. The Morgan fingerprint density at radius 1 is 1.00 bits per heavy atom. The van der Waals surface area contributed by atoms with Crippen molar-refractivity contribution in [3.8, 4) is 5.75 Å². The topological polar surface area (TPSA) is 118 Å². The number of aryl methyl sites for hydroxylation is 1. The van der Waals surface area contributed by atoms with Gasteiger partial charge in [0.2, 0.25) is 5.91 Å². The minimum atomic E-state index is -0.728. The first-order chi connectivity index (χ1) is 21.9. The summed E-state index contributed by atoms with van der Waals surface area (Å²) < 4.78 is 6.92. The van der Waals surface area contributed by atoms with Crippen LogP contribution in [-0.2, 0) is 16.0 Å². The van der Waals surface area contributed by atoms with E-state index in [-0.39, 0.29) is 22.1 Å². The summed E-state index contributed by atoms with van der Waals surface area (Å²) in [5.41, 5.74) is 2.12. The number of likely N-dealkylation sites (tertiary alicyclic amines) is 1. The second kappa shape index (κ2) is 16.7. The maximum absolute atomic E-state index is 12.9. The van der Waals surface area contributed by atoms with Crippen molar-refractivity contribution in [3.05, 3.63) is 63.3 Å². The SMILES string of the molecule is O=C(CCc1ccccc1)N1CCOC2(CCN(CCCCCCCCCNC[C@H](O)c3ccc(O)c4[nH]c(=O)sc34)CC2)C1. The third-order valence-electron chi connectivity index (χ3n) is 9.45. The molecule has 0 saturated carbocycles. The summed E-state index contributed by atoms with van der Waals surface area (Å²) in [5, 5.41) is 23.9. The lowest BCUT2D eigenvalue weighted by atomic mass is 9.89. The van der Waals surface area contributed by atoms with Gasteiger partial charge in [-0.2, -0.15) is 0 Å². The number of morpholine rings is 1. The van der Waals surface area contributed by atoms with Gasteiger partial charge in [-0.3, -0.25) is 9.59 Å². The minimum Gasteiger partial charge on any atom is -0.506 e. The number of phenols is 1. The number of fused-ring (bicyclic) bond motifs is 1. The molecule has 0 radical (unpaired) electrons. The number of carbonyl (C=O) groups excluding carboxylic acids is 1. The highest BCUT2D eigenvalue weighted by molar-refractivity contribution is 7.16. The largest absolute Gasteiger partial charge is 0.506 e. The summed E-state index contributed by atoms with van der Waals surface area (Å²) in [5.74, 6) is 0.280. The average molecular weight is 639 g/mol. The molecule has 1 atom stereocenters. The molecular formula is C35H50N4O5S. The fourth-order valence-corrected chi connectivity index (χ4v) is 7.64. The Bertz CT molecular complexity index is 1400. The monoisotopic (exact) mass is 638 g/mol. The zero-order valence-electron chi connectivity index (χ0n) is 26.5. The van der Waals surface area contributed by atoms with Crippen LogP contribution in [0.4, 0.5) is 0 Å². The number of aromatic hydroxyl groups is 1. The Morgan fingerprint density at radius 3 is 2.51 bits per heavy atom. The molecule has 2 aliphatic rings.